The van der Waals surface area contributed by atoms with Crippen LogP contribution in [0.25, 0.3) is 0 Å². The van der Waals surface area contributed by atoms with Gasteiger partial charge in [-0.25, -0.2) is 4.98 Å². The normalized spacial score (nSPS) is 18.5. The van der Waals surface area contributed by atoms with Crippen molar-refractivity contribution in [2.45, 2.75) is 46.7 Å². The number of nitrogens with zero attached hydrogens (tertiary/aromatic N) is 3. The molecule has 1 aromatic rings. The van der Waals surface area contributed by atoms with Crippen LogP contribution in [0, 0.1) is 5.41 Å². The fraction of sp³-hybridized carbons (Fsp3) is 0.750. The van der Waals surface area contributed by atoms with Gasteiger partial charge in [-0.2, -0.15) is 0 Å². The molecule has 0 spiro atoms. The van der Waals surface area contributed by atoms with E-state index in [1.54, 1.807) is 11.3 Å². The first-order chi connectivity index (χ1) is 10.3. The fourth-order valence-corrected chi connectivity index (χ4v) is 3.24. The monoisotopic (exact) mass is 324 g/mol. The summed E-state index contributed by atoms with van der Waals surface area (Å²) < 4.78 is 0. The van der Waals surface area contributed by atoms with Gasteiger partial charge < -0.3 is 10.6 Å². The topological polar surface area (TPSA) is 62.5 Å². The van der Waals surface area contributed by atoms with E-state index >= 15 is 0 Å². The molecule has 2 rings (SSSR count). The highest BCUT2D eigenvalue weighted by Crippen LogP contribution is 2.20. The van der Waals surface area contributed by atoms with Crippen LogP contribution in [0.15, 0.2) is 5.38 Å². The maximum atomic E-state index is 12.4. The first kappa shape index (κ1) is 17.4. The Morgan fingerprint density at radius 1 is 1.36 bits per heavy atom. The van der Waals surface area contributed by atoms with Crippen LogP contribution in [0.2, 0.25) is 0 Å². The lowest BCUT2D eigenvalue weighted by atomic mass is 9.86. The van der Waals surface area contributed by atoms with E-state index in [-0.39, 0.29) is 11.3 Å². The summed E-state index contributed by atoms with van der Waals surface area (Å²) in [6.07, 6.45) is 0.998. The summed E-state index contributed by atoms with van der Waals surface area (Å²) in [6.45, 7) is 12.3. The number of amides is 1. The molecule has 124 valence electrons. The predicted molar refractivity (Wildman–Crippen MR) is 90.8 cm³/mol. The number of aryl methyl sites for hydroxylation is 1. The maximum Gasteiger partial charge on any atom is 0.240 e. The number of hydrogen-bond acceptors (Lipinski definition) is 5. The minimum absolute atomic E-state index is 0.0778. The van der Waals surface area contributed by atoms with Gasteiger partial charge in [-0.15, -0.1) is 11.3 Å². The van der Waals surface area contributed by atoms with Crippen LogP contribution in [0.5, 0.6) is 0 Å². The Hall–Kier alpha value is -0.980. The molecular formula is C16H28N4OS. The van der Waals surface area contributed by atoms with E-state index in [4.69, 9.17) is 5.73 Å². The molecule has 5 nitrogen and oxygen atoms in total. The third kappa shape index (κ3) is 4.27. The molecule has 0 radical (unpaired) electrons. The average Bonchev–Trinajstić information content (AvgIpc) is 2.93. The molecule has 2 N–H and O–H groups in total. The van der Waals surface area contributed by atoms with Crippen molar-refractivity contribution in [1.82, 2.24) is 14.8 Å². The molecule has 0 saturated carbocycles. The average molecular weight is 324 g/mol. The Labute approximate surface area is 137 Å². The van der Waals surface area contributed by atoms with Gasteiger partial charge in [0, 0.05) is 38.1 Å². The molecule has 1 aromatic heterocycles. The summed E-state index contributed by atoms with van der Waals surface area (Å²) in [6, 6.07) is -0.426. The van der Waals surface area contributed by atoms with Gasteiger partial charge in [-0.3, -0.25) is 9.69 Å². The van der Waals surface area contributed by atoms with Gasteiger partial charge in [-0.1, -0.05) is 27.7 Å². The number of thiazole rings is 1. The highest BCUT2D eigenvalue weighted by atomic mass is 32.1. The van der Waals surface area contributed by atoms with Gasteiger partial charge >= 0.3 is 0 Å². The summed E-state index contributed by atoms with van der Waals surface area (Å²) in [7, 11) is 0. The van der Waals surface area contributed by atoms with Crippen molar-refractivity contribution in [2.75, 3.05) is 26.2 Å². The van der Waals surface area contributed by atoms with Crippen LogP contribution in [0.4, 0.5) is 0 Å². The second-order valence-electron chi connectivity index (χ2n) is 7.03. The molecular weight excluding hydrogens is 296 g/mol. The highest BCUT2D eigenvalue weighted by Gasteiger charge is 2.32. The van der Waals surface area contributed by atoms with Crippen molar-refractivity contribution in [3.8, 4) is 0 Å². The van der Waals surface area contributed by atoms with Crippen LogP contribution in [0.1, 0.15) is 38.4 Å². The summed E-state index contributed by atoms with van der Waals surface area (Å²) in [5, 5.41) is 3.34. The molecule has 1 aliphatic rings. The highest BCUT2D eigenvalue weighted by molar-refractivity contribution is 7.09. The molecule has 0 unspecified atom stereocenters. The van der Waals surface area contributed by atoms with E-state index in [1.165, 1.54) is 5.01 Å². The van der Waals surface area contributed by atoms with Crippen LogP contribution in [-0.4, -0.2) is 52.9 Å². The Kier molecular flexibility index (Phi) is 5.58. The Morgan fingerprint density at radius 2 is 2.00 bits per heavy atom. The zero-order chi connectivity index (χ0) is 16.3. The number of aromatic nitrogens is 1. The van der Waals surface area contributed by atoms with Gasteiger partial charge in [0.25, 0.3) is 0 Å². The van der Waals surface area contributed by atoms with E-state index in [1.807, 2.05) is 25.7 Å². The Bertz CT molecular complexity index is 500. The zero-order valence-electron chi connectivity index (χ0n) is 14.1. The van der Waals surface area contributed by atoms with Crippen molar-refractivity contribution in [1.29, 1.82) is 0 Å². The molecule has 1 saturated heterocycles. The lowest BCUT2D eigenvalue weighted by molar-refractivity contribution is -0.136. The van der Waals surface area contributed by atoms with Gasteiger partial charge in [0.05, 0.1) is 16.7 Å². The second kappa shape index (κ2) is 7.06. The predicted octanol–water partition coefficient (Wildman–Crippen LogP) is 1.72. The molecule has 1 amide bonds. The third-order valence-corrected chi connectivity index (χ3v) is 5.21. The molecule has 1 aliphatic heterocycles. The largest absolute Gasteiger partial charge is 0.339 e. The lowest BCUT2D eigenvalue weighted by Crippen LogP contribution is -2.56. The van der Waals surface area contributed by atoms with E-state index in [2.05, 4.69) is 22.2 Å². The number of rotatable bonds is 4. The van der Waals surface area contributed by atoms with Crippen LogP contribution in [-0.2, 0) is 17.8 Å². The molecule has 0 aromatic carbocycles. The number of piperazine rings is 1. The first-order valence-electron chi connectivity index (χ1n) is 8.01. The lowest BCUT2D eigenvalue weighted by Gasteiger charge is -2.38. The minimum Gasteiger partial charge on any atom is -0.339 e. The summed E-state index contributed by atoms with van der Waals surface area (Å²) in [4.78, 5) is 21.3. The van der Waals surface area contributed by atoms with Gasteiger partial charge in [0.15, 0.2) is 0 Å². The third-order valence-electron chi connectivity index (χ3n) is 4.17. The van der Waals surface area contributed by atoms with E-state index in [0.717, 1.165) is 44.8 Å². The molecule has 6 heteroatoms. The molecule has 0 aliphatic carbocycles. The molecule has 0 bridgehead atoms. The molecule has 1 fully saturated rings. The first-order valence-corrected chi connectivity index (χ1v) is 8.89. The molecule has 22 heavy (non-hydrogen) atoms. The summed E-state index contributed by atoms with van der Waals surface area (Å²) >= 11 is 1.73. The van der Waals surface area contributed by atoms with E-state index < -0.39 is 6.04 Å². The van der Waals surface area contributed by atoms with Gasteiger partial charge in [-0.05, 0) is 11.8 Å². The molecule has 1 atom stereocenters. The second-order valence-corrected chi connectivity index (χ2v) is 7.97. The Morgan fingerprint density at radius 3 is 2.50 bits per heavy atom. The van der Waals surface area contributed by atoms with E-state index in [0.29, 0.717) is 0 Å². The summed E-state index contributed by atoms with van der Waals surface area (Å²) in [5.74, 6) is 0.0778. The van der Waals surface area contributed by atoms with Crippen LogP contribution >= 0.6 is 11.3 Å². The van der Waals surface area contributed by atoms with Crippen molar-refractivity contribution in [3.05, 3.63) is 16.1 Å². The standard InChI is InChI=1S/C16H28N4OS/c1-5-13-18-12(11-22-13)10-19-6-8-20(9-7-19)15(21)14(17)16(2,3)4/h11,14H,5-10,17H2,1-4H3/t14-/m1/s1. The molecule has 2 heterocycles. The van der Waals surface area contributed by atoms with Gasteiger partial charge in [0.2, 0.25) is 5.91 Å². The Balaban J connectivity index is 1.84. The van der Waals surface area contributed by atoms with Crippen LogP contribution in [0.3, 0.4) is 0 Å². The number of carbonyl (C=O) groups excluding carboxylic acids is 1. The van der Waals surface area contributed by atoms with Crippen molar-refractivity contribution in [2.24, 2.45) is 11.1 Å². The summed E-state index contributed by atoms with van der Waals surface area (Å²) in [5.41, 5.74) is 7.05. The number of hydrogen-bond donors (Lipinski definition) is 1. The van der Waals surface area contributed by atoms with E-state index in [9.17, 15) is 4.79 Å². The zero-order valence-corrected chi connectivity index (χ0v) is 14.9. The van der Waals surface area contributed by atoms with Gasteiger partial charge in [0.1, 0.15) is 0 Å². The quantitative estimate of drug-likeness (QED) is 0.916. The fourth-order valence-electron chi connectivity index (χ4n) is 2.51. The SMILES string of the molecule is CCc1nc(CN2CCN(C(=O)[C@@H](N)C(C)(C)C)CC2)cs1. The van der Waals surface area contributed by atoms with Crippen LogP contribution < -0.4 is 5.73 Å². The van der Waals surface area contributed by atoms with Crippen molar-refractivity contribution < 1.29 is 4.79 Å². The number of carbonyl (C=O) groups is 1. The smallest absolute Gasteiger partial charge is 0.240 e. The number of nitrogens with two attached hydrogens (primary N) is 1. The maximum absolute atomic E-state index is 12.4. The van der Waals surface area contributed by atoms with Crippen molar-refractivity contribution in [3.63, 3.8) is 0 Å². The van der Waals surface area contributed by atoms with Crippen molar-refractivity contribution >= 4 is 17.2 Å². The minimum atomic E-state index is -0.426.